The Kier molecular flexibility index (Phi) is 3.03. The summed E-state index contributed by atoms with van der Waals surface area (Å²) in [7, 11) is 0. The van der Waals surface area contributed by atoms with Gasteiger partial charge in [0.1, 0.15) is 6.17 Å². The normalized spacial score (nSPS) is 15.8. The zero-order valence-corrected chi connectivity index (χ0v) is 9.11. The molecule has 86 valence electrons. The van der Waals surface area contributed by atoms with Gasteiger partial charge in [0.2, 0.25) is 0 Å². The lowest BCUT2D eigenvalue weighted by Gasteiger charge is -2.34. The number of pyridine rings is 1. The van der Waals surface area contributed by atoms with Crippen LogP contribution in [0.25, 0.3) is 0 Å². The number of carbonyl (C=O) groups excluding carboxylic acids is 1. The maximum Gasteiger partial charge on any atom is 0.317 e. The van der Waals surface area contributed by atoms with Gasteiger partial charge in [-0.2, -0.15) is 0 Å². The van der Waals surface area contributed by atoms with Crippen molar-refractivity contribution in [3.63, 3.8) is 0 Å². The summed E-state index contributed by atoms with van der Waals surface area (Å²) in [5, 5.41) is 2.74. The van der Waals surface area contributed by atoms with E-state index in [0.29, 0.717) is 6.54 Å². The zero-order chi connectivity index (χ0) is 11.5. The van der Waals surface area contributed by atoms with Crippen LogP contribution in [0.2, 0.25) is 0 Å². The number of nitrogens with one attached hydrogen (secondary N) is 1. The first-order valence-electron chi connectivity index (χ1n) is 5.23. The molecule has 1 aromatic rings. The molecule has 0 bridgehead atoms. The smallest absolute Gasteiger partial charge is 0.317 e. The van der Waals surface area contributed by atoms with Gasteiger partial charge in [-0.1, -0.05) is 0 Å². The summed E-state index contributed by atoms with van der Waals surface area (Å²) in [4.78, 5) is 17.0. The van der Waals surface area contributed by atoms with Crippen LogP contribution < -0.4 is 5.32 Å². The SMILES string of the molecule is Cc1cc(CNC(=O)N2CC(F)C2)ccn1. The van der Waals surface area contributed by atoms with E-state index in [2.05, 4.69) is 10.3 Å². The monoisotopic (exact) mass is 223 g/mol. The van der Waals surface area contributed by atoms with Crippen LogP contribution in [0.1, 0.15) is 11.3 Å². The Labute approximate surface area is 93.5 Å². The predicted octanol–water partition coefficient (Wildman–Crippen LogP) is 1.25. The summed E-state index contributed by atoms with van der Waals surface area (Å²) in [5.41, 5.74) is 1.91. The Bertz CT molecular complexity index is 391. The van der Waals surface area contributed by atoms with Gasteiger partial charge >= 0.3 is 6.03 Å². The largest absolute Gasteiger partial charge is 0.334 e. The molecular formula is C11H14FN3O. The van der Waals surface area contributed by atoms with Crippen LogP contribution in [0.5, 0.6) is 0 Å². The second-order valence-electron chi connectivity index (χ2n) is 3.97. The Morgan fingerprint density at radius 1 is 1.69 bits per heavy atom. The fourth-order valence-electron chi connectivity index (χ4n) is 1.59. The van der Waals surface area contributed by atoms with Gasteiger partial charge in [-0.3, -0.25) is 4.98 Å². The van der Waals surface area contributed by atoms with Gasteiger partial charge in [0.05, 0.1) is 13.1 Å². The highest BCUT2D eigenvalue weighted by atomic mass is 19.1. The molecule has 0 unspecified atom stereocenters. The minimum absolute atomic E-state index is 0.205. The average molecular weight is 223 g/mol. The molecule has 16 heavy (non-hydrogen) atoms. The molecule has 2 amide bonds. The van der Waals surface area contributed by atoms with Crippen LogP contribution in [0.15, 0.2) is 18.3 Å². The number of alkyl halides is 1. The molecule has 0 aromatic carbocycles. The lowest BCUT2D eigenvalue weighted by molar-refractivity contribution is 0.0897. The number of hydrogen-bond donors (Lipinski definition) is 1. The molecule has 1 aromatic heterocycles. The van der Waals surface area contributed by atoms with Gasteiger partial charge in [0, 0.05) is 18.4 Å². The standard InChI is InChI=1S/C11H14FN3O/c1-8-4-9(2-3-13-8)5-14-11(16)15-6-10(12)7-15/h2-4,10H,5-7H2,1H3,(H,14,16). The maximum absolute atomic E-state index is 12.5. The van der Waals surface area contributed by atoms with E-state index in [9.17, 15) is 9.18 Å². The molecule has 0 aliphatic carbocycles. The lowest BCUT2D eigenvalue weighted by Crippen LogP contribution is -2.54. The van der Waals surface area contributed by atoms with Crippen molar-refractivity contribution in [3.8, 4) is 0 Å². The van der Waals surface area contributed by atoms with Gasteiger partial charge in [-0.15, -0.1) is 0 Å². The van der Waals surface area contributed by atoms with Crippen molar-refractivity contribution in [2.75, 3.05) is 13.1 Å². The van der Waals surface area contributed by atoms with Crippen LogP contribution in [-0.2, 0) is 6.54 Å². The van der Waals surface area contributed by atoms with Crippen LogP contribution in [-0.4, -0.2) is 35.2 Å². The second-order valence-corrected chi connectivity index (χ2v) is 3.97. The van der Waals surface area contributed by atoms with Crippen molar-refractivity contribution in [3.05, 3.63) is 29.6 Å². The average Bonchev–Trinajstić information content (AvgIpc) is 2.22. The van der Waals surface area contributed by atoms with Crippen LogP contribution >= 0.6 is 0 Å². The highest BCUT2D eigenvalue weighted by molar-refractivity contribution is 5.75. The fraction of sp³-hybridized carbons (Fsp3) is 0.455. The number of aromatic nitrogens is 1. The van der Waals surface area contributed by atoms with Gasteiger partial charge in [-0.25, -0.2) is 9.18 Å². The molecule has 1 fully saturated rings. The third kappa shape index (κ3) is 2.48. The summed E-state index contributed by atoms with van der Waals surface area (Å²) >= 11 is 0. The maximum atomic E-state index is 12.5. The summed E-state index contributed by atoms with van der Waals surface area (Å²) in [6.45, 7) is 2.77. The topological polar surface area (TPSA) is 45.2 Å². The van der Waals surface area contributed by atoms with E-state index in [4.69, 9.17) is 0 Å². The second kappa shape index (κ2) is 4.47. The van der Waals surface area contributed by atoms with E-state index < -0.39 is 6.17 Å². The Morgan fingerprint density at radius 2 is 2.44 bits per heavy atom. The molecule has 4 nitrogen and oxygen atoms in total. The van der Waals surface area contributed by atoms with Crippen molar-refractivity contribution < 1.29 is 9.18 Å². The highest BCUT2D eigenvalue weighted by Crippen LogP contribution is 2.11. The van der Waals surface area contributed by atoms with Crippen LogP contribution in [0.4, 0.5) is 9.18 Å². The Balaban J connectivity index is 1.81. The van der Waals surface area contributed by atoms with Crippen molar-refractivity contribution >= 4 is 6.03 Å². The third-order valence-corrected chi connectivity index (χ3v) is 2.53. The number of nitrogens with zero attached hydrogens (tertiary/aromatic N) is 2. The Hall–Kier alpha value is -1.65. The fourth-order valence-corrected chi connectivity index (χ4v) is 1.59. The lowest BCUT2D eigenvalue weighted by atomic mass is 10.2. The number of carbonyl (C=O) groups is 1. The summed E-state index contributed by atoms with van der Waals surface area (Å²) in [6.07, 6.45) is 0.854. The van der Waals surface area contributed by atoms with E-state index in [-0.39, 0.29) is 19.1 Å². The quantitative estimate of drug-likeness (QED) is 0.820. The molecule has 0 atom stereocenters. The predicted molar refractivity (Wildman–Crippen MR) is 57.7 cm³/mol. The highest BCUT2D eigenvalue weighted by Gasteiger charge is 2.29. The first kappa shape index (κ1) is 10.9. The molecule has 5 heteroatoms. The molecule has 0 spiro atoms. The number of urea groups is 1. The molecule has 1 saturated heterocycles. The van der Waals surface area contributed by atoms with E-state index in [1.807, 2.05) is 19.1 Å². The number of amides is 2. The molecular weight excluding hydrogens is 209 g/mol. The number of hydrogen-bond acceptors (Lipinski definition) is 2. The summed E-state index contributed by atoms with van der Waals surface area (Å²) in [5.74, 6) is 0. The molecule has 1 N–H and O–H groups in total. The summed E-state index contributed by atoms with van der Waals surface area (Å²) in [6, 6.07) is 3.55. The molecule has 0 saturated carbocycles. The molecule has 0 radical (unpaired) electrons. The Morgan fingerprint density at radius 3 is 3.06 bits per heavy atom. The van der Waals surface area contributed by atoms with E-state index in [1.54, 1.807) is 6.20 Å². The van der Waals surface area contributed by atoms with Crippen LogP contribution in [0.3, 0.4) is 0 Å². The van der Waals surface area contributed by atoms with Crippen molar-refractivity contribution in [2.24, 2.45) is 0 Å². The van der Waals surface area contributed by atoms with E-state index in [0.717, 1.165) is 11.3 Å². The third-order valence-electron chi connectivity index (χ3n) is 2.53. The number of rotatable bonds is 2. The number of halogens is 1. The van der Waals surface area contributed by atoms with Gasteiger partial charge in [-0.05, 0) is 24.6 Å². The van der Waals surface area contributed by atoms with Gasteiger partial charge in [0.15, 0.2) is 0 Å². The minimum atomic E-state index is -0.853. The number of likely N-dealkylation sites (tertiary alicyclic amines) is 1. The van der Waals surface area contributed by atoms with E-state index in [1.165, 1.54) is 4.90 Å². The first-order chi connectivity index (χ1) is 7.65. The molecule has 2 rings (SSSR count). The first-order valence-corrected chi connectivity index (χ1v) is 5.23. The van der Waals surface area contributed by atoms with E-state index >= 15 is 0 Å². The van der Waals surface area contributed by atoms with Gasteiger partial charge < -0.3 is 10.2 Å². The molecule has 2 heterocycles. The minimum Gasteiger partial charge on any atom is -0.334 e. The van der Waals surface area contributed by atoms with Crippen molar-refractivity contribution in [1.29, 1.82) is 0 Å². The van der Waals surface area contributed by atoms with Crippen LogP contribution in [0, 0.1) is 6.92 Å². The molecule has 1 aliphatic heterocycles. The van der Waals surface area contributed by atoms with Crippen molar-refractivity contribution in [2.45, 2.75) is 19.6 Å². The van der Waals surface area contributed by atoms with Crippen molar-refractivity contribution in [1.82, 2.24) is 15.2 Å². The van der Waals surface area contributed by atoms with Gasteiger partial charge in [0.25, 0.3) is 0 Å². The molecule has 1 aliphatic rings. The number of aryl methyl sites for hydroxylation is 1. The zero-order valence-electron chi connectivity index (χ0n) is 9.11. The summed E-state index contributed by atoms with van der Waals surface area (Å²) < 4.78 is 12.5.